The van der Waals surface area contributed by atoms with Crippen LogP contribution in [0.15, 0.2) is 60.7 Å². The number of rotatable bonds is 6. The average Bonchev–Trinajstić information content (AvgIpc) is 2.60. The summed E-state index contributed by atoms with van der Waals surface area (Å²) in [4.78, 5) is 23.5. The number of carbonyl (C=O) groups excluding carboxylic acids is 2. The molecular weight excluding hydrogens is 298 g/mol. The molecule has 0 radical (unpaired) electrons. The Hall–Kier alpha value is -2.42. The lowest BCUT2D eigenvalue weighted by Gasteiger charge is -2.18. The molecule has 1 amide bonds. The third kappa shape index (κ3) is 8.28. The predicted octanol–water partition coefficient (Wildman–Crippen LogP) is 4.26. The van der Waals surface area contributed by atoms with Gasteiger partial charge in [-0.25, -0.2) is 0 Å². The van der Waals surface area contributed by atoms with Crippen molar-refractivity contribution in [3.05, 3.63) is 71.8 Å². The van der Waals surface area contributed by atoms with Gasteiger partial charge in [0, 0.05) is 26.4 Å². The van der Waals surface area contributed by atoms with Crippen LogP contribution in [0.1, 0.15) is 38.3 Å². The van der Waals surface area contributed by atoms with Crippen molar-refractivity contribution in [3.63, 3.8) is 0 Å². The van der Waals surface area contributed by atoms with Crippen LogP contribution in [0, 0.1) is 0 Å². The van der Waals surface area contributed by atoms with Gasteiger partial charge in [-0.2, -0.15) is 0 Å². The Morgan fingerprint density at radius 3 is 1.75 bits per heavy atom. The summed E-state index contributed by atoms with van der Waals surface area (Å²) in [7, 11) is 0. The molecule has 0 unspecified atom stereocenters. The molecule has 3 nitrogen and oxygen atoms in total. The Kier molecular flexibility index (Phi) is 9.13. The van der Waals surface area contributed by atoms with Crippen molar-refractivity contribution in [2.24, 2.45) is 0 Å². The first kappa shape index (κ1) is 19.6. The van der Waals surface area contributed by atoms with E-state index in [9.17, 15) is 9.59 Å². The molecule has 0 fully saturated rings. The molecule has 2 rings (SSSR count). The molecule has 0 aromatic heterocycles. The summed E-state index contributed by atoms with van der Waals surface area (Å²) in [5.41, 5.74) is 2.42. The number of ketones is 1. The highest BCUT2D eigenvalue weighted by molar-refractivity contribution is 5.75. The van der Waals surface area contributed by atoms with Crippen molar-refractivity contribution in [2.75, 3.05) is 6.54 Å². The number of amides is 1. The van der Waals surface area contributed by atoms with Gasteiger partial charge in [0.25, 0.3) is 0 Å². The number of hydrogen-bond donors (Lipinski definition) is 0. The molecule has 2 aromatic carbocycles. The van der Waals surface area contributed by atoms with E-state index in [1.54, 1.807) is 13.8 Å². The molecule has 0 aliphatic heterocycles. The van der Waals surface area contributed by atoms with Crippen LogP contribution in [0.4, 0.5) is 0 Å². The van der Waals surface area contributed by atoms with Crippen molar-refractivity contribution < 1.29 is 9.59 Å². The highest BCUT2D eigenvalue weighted by Crippen LogP contribution is 2.04. The van der Waals surface area contributed by atoms with Gasteiger partial charge in [-0.3, -0.25) is 4.79 Å². The first-order valence-electron chi connectivity index (χ1n) is 8.35. The molecule has 24 heavy (non-hydrogen) atoms. The van der Waals surface area contributed by atoms with Crippen LogP contribution in [0.5, 0.6) is 0 Å². The molecule has 0 atom stereocenters. The second-order valence-corrected chi connectivity index (χ2v) is 5.71. The van der Waals surface area contributed by atoms with E-state index in [2.05, 4.69) is 0 Å². The standard InChI is InChI=1S/C11H15NO.C10H12O/c1-3-12(10(2)13)9-11-7-5-4-6-8-11;1-9(11)7-8-10-5-3-2-4-6-10/h4-8H,3,9H2,1-2H3;2-6H,7-8H2,1H3. The molecular formula is C21H27NO2. The van der Waals surface area contributed by atoms with E-state index in [4.69, 9.17) is 0 Å². The minimum Gasteiger partial charge on any atom is -0.339 e. The molecule has 0 bridgehead atoms. The summed E-state index contributed by atoms with van der Waals surface area (Å²) < 4.78 is 0. The van der Waals surface area contributed by atoms with Crippen LogP contribution < -0.4 is 0 Å². The Balaban J connectivity index is 0.000000243. The van der Waals surface area contributed by atoms with Crippen molar-refractivity contribution in [2.45, 2.75) is 40.2 Å². The second-order valence-electron chi connectivity index (χ2n) is 5.71. The zero-order chi connectivity index (χ0) is 17.8. The lowest BCUT2D eigenvalue weighted by molar-refractivity contribution is -0.129. The van der Waals surface area contributed by atoms with Crippen molar-refractivity contribution >= 4 is 11.7 Å². The van der Waals surface area contributed by atoms with E-state index < -0.39 is 0 Å². The monoisotopic (exact) mass is 325 g/mol. The summed E-state index contributed by atoms with van der Waals surface area (Å²) in [6.07, 6.45) is 1.53. The van der Waals surface area contributed by atoms with Gasteiger partial charge in [-0.05, 0) is 31.4 Å². The van der Waals surface area contributed by atoms with Crippen LogP contribution in [-0.4, -0.2) is 23.1 Å². The summed E-state index contributed by atoms with van der Waals surface area (Å²) in [6, 6.07) is 20.1. The van der Waals surface area contributed by atoms with Gasteiger partial charge < -0.3 is 9.69 Å². The number of hydrogen-bond acceptors (Lipinski definition) is 2. The summed E-state index contributed by atoms with van der Waals surface area (Å²) in [6.45, 7) is 6.70. The maximum atomic E-state index is 11.1. The zero-order valence-electron chi connectivity index (χ0n) is 14.9. The van der Waals surface area contributed by atoms with Gasteiger partial charge in [0.15, 0.2) is 0 Å². The summed E-state index contributed by atoms with van der Waals surface area (Å²) in [5.74, 6) is 0.389. The molecule has 0 spiro atoms. The third-order valence-electron chi connectivity index (χ3n) is 3.65. The minimum atomic E-state index is 0.131. The molecule has 0 saturated carbocycles. The number of carbonyl (C=O) groups is 2. The van der Waals surface area contributed by atoms with E-state index in [1.807, 2.05) is 72.5 Å². The first-order chi connectivity index (χ1) is 11.5. The van der Waals surface area contributed by atoms with Gasteiger partial charge in [0.2, 0.25) is 5.91 Å². The van der Waals surface area contributed by atoms with Crippen molar-refractivity contribution in [3.8, 4) is 0 Å². The maximum absolute atomic E-state index is 11.1. The topological polar surface area (TPSA) is 37.4 Å². The Bertz CT molecular complexity index is 608. The van der Waals surface area contributed by atoms with Gasteiger partial charge in [-0.1, -0.05) is 60.7 Å². The van der Waals surface area contributed by atoms with Crippen molar-refractivity contribution in [1.82, 2.24) is 4.90 Å². The van der Waals surface area contributed by atoms with Gasteiger partial charge in [0.1, 0.15) is 5.78 Å². The zero-order valence-corrected chi connectivity index (χ0v) is 14.9. The first-order valence-corrected chi connectivity index (χ1v) is 8.35. The Morgan fingerprint density at radius 2 is 1.33 bits per heavy atom. The summed E-state index contributed by atoms with van der Waals surface area (Å²) >= 11 is 0. The van der Waals surface area contributed by atoms with E-state index in [-0.39, 0.29) is 11.7 Å². The minimum absolute atomic E-state index is 0.131. The van der Waals surface area contributed by atoms with Crippen LogP contribution in [-0.2, 0) is 22.6 Å². The molecule has 128 valence electrons. The SMILES string of the molecule is CC(=O)CCc1ccccc1.CCN(Cc1ccccc1)C(C)=O. The third-order valence-corrected chi connectivity index (χ3v) is 3.65. The van der Waals surface area contributed by atoms with Gasteiger partial charge in [-0.15, -0.1) is 0 Å². The number of benzene rings is 2. The fourth-order valence-corrected chi connectivity index (χ4v) is 2.21. The molecule has 0 saturated heterocycles. The van der Waals surface area contributed by atoms with Crippen LogP contribution in [0.2, 0.25) is 0 Å². The molecule has 0 heterocycles. The maximum Gasteiger partial charge on any atom is 0.219 e. The van der Waals surface area contributed by atoms with Crippen LogP contribution in [0.3, 0.4) is 0 Å². The molecule has 0 aliphatic carbocycles. The smallest absolute Gasteiger partial charge is 0.219 e. The van der Waals surface area contributed by atoms with E-state index in [0.717, 1.165) is 13.0 Å². The van der Waals surface area contributed by atoms with E-state index >= 15 is 0 Å². The van der Waals surface area contributed by atoms with Crippen LogP contribution in [0.25, 0.3) is 0 Å². The molecule has 0 N–H and O–H groups in total. The molecule has 2 aromatic rings. The van der Waals surface area contributed by atoms with Crippen molar-refractivity contribution in [1.29, 1.82) is 0 Å². The predicted molar refractivity (Wildman–Crippen MR) is 98.7 cm³/mol. The second kappa shape index (κ2) is 11.2. The Labute approximate surface area is 145 Å². The summed E-state index contributed by atoms with van der Waals surface area (Å²) in [5, 5.41) is 0. The lowest BCUT2D eigenvalue weighted by atomic mass is 10.1. The van der Waals surface area contributed by atoms with Gasteiger partial charge in [0.05, 0.1) is 0 Å². The molecule has 3 heteroatoms. The number of Topliss-reactive ketones (excluding diaryl/α,β-unsaturated/α-hetero) is 1. The van der Waals surface area contributed by atoms with Gasteiger partial charge >= 0.3 is 0 Å². The quantitative estimate of drug-likeness (QED) is 0.795. The largest absolute Gasteiger partial charge is 0.339 e. The molecule has 0 aliphatic rings. The Morgan fingerprint density at radius 1 is 0.833 bits per heavy atom. The van der Waals surface area contributed by atoms with Crippen LogP contribution >= 0.6 is 0 Å². The lowest BCUT2D eigenvalue weighted by Crippen LogP contribution is -2.27. The highest BCUT2D eigenvalue weighted by Gasteiger charge is 2.05. The number of nitrogens with zero attached hydrogens (tertiary/aromatic N) is 1. The van der Waals surface area contributed by atoms with E-state index in [0.29, 0.717) is 13.0 Å². The fourth-order valence-electron chi connectivity index (χ4n) is 2.21. The average molecular weight is 325 g/mol. The highest BCUT2D eigenvalue weighted by atomic mass is 16.2. The number of aryl methyl sites for hydroxylation is 1. The normalized spacial score (nSPS) is 9.62. The fraction of sp³-hybridized carbons (Fsp3) is 0.333. The van der Waals surface area contributed by atoms with E-state index in [1.165, 1.54) is 11.1 Å².